The maximum absolute atomic E-state index is 12.7. The van der Waals surface area contributed by atoms with Crippen molar-refractivity contribution < 1.29 is 9.53 Å². The molecule has 2 heterocycles. The first-order valence-corrected chi connectivity index (χ1v) is 11.5. The molecule has 3 rings (SSSR count). The van der Waals surface area contributed by atoms with Gasteiger partial charge in [0.05, 0.1) is 6.04 Å². The summed E-state index contributed by atoms with van der Waals surface area (Å²) in [7, 11) is 0. The zero-order chi connectivity index (χ0) is 19.6. The average molecular weight is 387 g/mol. The highest BCUT2D eigenvalue weighted by Gasteiger charge is 2.41. The monoisotopic (exact) mass is 386 g/mol. The third-order valence-corrected chi connectivity index (χ3v) is 6.27. The van der Waals surface area contributed by atoms with Gasteiger partial charge in [-0.05, 0) is 50.9 Å². The van der Waals surface area contributed by atoms with Gasteiger partial charge in [0.2, 0.25) is 0 Å². The lowest BCUT2D eigenvalue weighted by molar-refractivity contribution is 0.128. The zero-order valence-corrected chi connectivity index (χ0v) is 17.7. The molecule has 2 aliphatic rings. The van der Waals surface area contributed by atoms with Crippen LogP contribution in [0.2, 0.25) is 0 Å². The summed E-state index contributed by atoms with van der Waals surface area (Å²) in [6, 6.07) is 10.5. The van der Waals surface area contributed by atoms with E-state index in [2.05, 4.69) is 24.0 Å². The van der Waals surface area contributed by atoms with Gasteiger partial charge in [-0.15, -0.1) is 0 Å². The average Bonchev–Trinajstić information content (AvgIpc) is 3.05. The number of benzene rings is 1. The fourth-order valence-corrected chi connectivity index (χ4v) is 4.66. The minimum absolute atomic E-state index is 0.116. The molecule has 2 saturated heterocycles. The molecule has 0 radical (unpaired) electrons. The second-order valence-electron chi connectivity index (χ2n) is 8.43. The Hall–Kier alpha value is -1.55. The minimum atomic E-state index is -0.119. The van der Waals surface area contributed by atoms with Crippen LogP contribution in [-0.2, 0) is 4.74 Å². The molecule has 2 unspecified atom stereocenters. The van der Waals surface area contributed by atoms with Crippen LogP contribution >= 0.6 is 0 Å². The summed E-state index contributed by atoms with van der Waals surface area (Å²) in [4.78, 5) is 17.3. The number of rotatable bonds is 11. The molecule has 0 aromatic heterocycles. The number of cyclic esters (lactones) is 1. The Labute approximate surface area is 171 Å². The first kappa shape index (κ1) is 21.2. The number of carbonyl (C=O) groups is 1. The van der Waals surface area contributed by atoms with Crippen LogP contribution in [0.1, 0.15) is 82.8 Å². The molecule has 4 heteroatoms. The van der Waals surface area contributed by atoms with Gasteiger partial charge in [0, 0.05) is 6.54 Å². The molecule has 0 N–H and O–H groups in total. The highest BCUT2D eigenvalue weighted by Crippen LogP contribution is 2.35. The van der Waals surface area contributed by atoms with Gasteiger partial charge >= 0.3 is 6.09 Å². The number of piperidine rings is 1. The van der Waals surface area contributed by atoms with E-state index in [4.69, 9.17) is 4.74 Å². The SMILES string of the molecule is CCCCCCCC1C(c2ccccc2)OC(=O)N1CCCN1CCCCC1. The van der Waals surface area contributed by atoms with Crippen molar-refractivity contribution in [1.29, 1.82) is 0 Å². The molecule has 156 valence electrons. The van der Waals surface area contributed by atoms with Gasteiger partial charge in [0.1, 0.15) is 6.10 Å². The van der Waals surface area contributed by atoms with Gasteiger partial charge in [0.15, 0.2) is 0 Å². The molecule has 28 heavy (non-hydrogen) atoms. The molecule has 0 spiro atoms. The number of ether oxygens (including phenoxy) is 1. The molecule has 0 aliphatic carbocycles. The van der Waals surface area contributed by atoms with Crippen molar-refractivity contribution >= 4 is 6.09 Å². The van der Waals surface area contributed by atoms with Crippen LogP contribution < -0.4 is 0 Å². The van der Waals surface area contributed by atoms with Gasteiger partial charge in [-0.25, -0.2) is 4.79 Å². The number of hydrogen-bond donors (Lipinski definition) is 0. The second kappa shape index (κ2) is 11.5. The third kappa shape index (κ3) is 5.97. The molecule has 4 nitrogen and oxygen atoms in total. The van der Waals surface area contributed by atoms with E-state index in [0.29, 0.717) is 0 Å². The van der Waals surface area contributed by atoms with Crippen LogP contribution in [0.5, 0.6) is 0 Å². The van der Waals surface area contributed by atoms with Crippen LogP contribution in [0.3, 0.4) is 0 Å². The number of unbranched alkanes of at least 4 members (excludes halogenated alkanes) is 4. The van der Waals surface area contributed by atoms with Gasteiger partial charge in [-0.3, -0.25) is 0 Å². The Kier molecular flexibility index (Phi) is 8.66. The maximum atomic E-state index is 12.7. The summed E-state index contributed by atoms with van der Waals surface area (Å²) in [5.74, 6) is 0. The van der Waals surface area contributed by atoms with Crippen LogP contribution in [0, 0.1) is 0 Å². The predicted octanol–water partition coefficient (Wildman–Crippen LogP) is 5.79. The van der Waals surface area contributed by atoms with Gasteiger partial charge < -0.3 is 14.5 Å². The molecule has 1 amide bonds. The van der Waals surface area contributed by atoms with Crippen molar-refractivity contribution in [3.05, 3.63) is 35.9 Å². The fourth-order valence-electron chi connectivity index (χ4n) is 4.66. The largest absolute Gasteiger partial charge is 0.439 e. The summed E-state index contributed by atoms with van der Waals surface area (Å²) in [5.41, 5.74) is 1.13. The smallest absolute Gasteiger partial charge is 0.410 e. The van der Waals surface area contributed by atoms with Crippen LogP contribution in [0.15, 0.2) is 30.3 Å². The Bertz CT molecular complexity index is 571. The lowest BCUT2D eigenvalue weighted by Gasteiger charge is -2.28. The molecule has 2 aliphatic heterocycles. The van der Waals surface area contributed by atoms with E-state index in [1.165, 1.54) is 64.5 Å². The first-order chi connectivity index (χ1) is 13.8. The van der Waals surface area contributed by atoms with Gasteiger partial charge in [0.25, 0.3) is 0 Å². The summed E-state index contributed by atoms with van der Waals surface area (Å²) < 4.78 is 5.87. The Morgan fingerprint density at radius 3 is 2.43 bits per heavy atom. The Balaban J connectivity index is 1.57. The quantitative estimate of drug-likeness (QED) is 0.452. The van der Waals surface area contributed by atoms with Gasteiger partial charge in [-0.2, -0.15) is 0 Å². The molecular formula is C24H38N2O2. The lowest BCUT2D eigenvalue weighted by atomic mass is 9.96. The van der Waals surface area contributed by atoms with Gasteiger partial charge in [-0.1, -0.05) is 75.8 Å². The van der Waals surface area contributed by atoms with Crippen molar-refractivity contribution in [2.24, 2.45) is 0 Å². The van der Waals surface area contributed by atoms with E-state index in [9.17, 15) is 4.79 Å². The standard InChI is InChI=1S/C24H38N2O2/c1-2-3-4-5-10-16-22-23(21-14-8-6-9-15-21)28-24(27)26(22)20-13-19-25-17-11-7-12-18-25/h6,8-9,14-15,22-23H,2-5,7,10-13,16-20H2,1H3. The second-order valence-corrected chi connectivity index (χ2v) is 8.43. The molecule has 0 saturated carbocycles. The number of nitrogens with zero attached hydrogens (tertiary/aromatic N) is 2. The summed E-state index contributed by atoms with van der Waals surface area (Å²) in [5, 5.41) is 0. The molecular weight excluding hydrogens is 348 g/mol. The molecule has 1 aromatic carbocycles. The number of likely N-dealkylation sites (tertiary alicyclic amines) is 1. The Morgan fingerprint density at radius 1 is 0.929 bits per heavy atom. The van der Waals surface area contributed by atoms with Crippen molar-refractivity contribution in [2.45, 2.75) is 83.3 Å². The maximum Gasteiger partial charge on any atom is 0.410 e. The van der Waals surface area contributed by atoms with E-state index in [0.717, 1.165) is 31.5 Å². The highest BCUT2D eigenvalue weighted by molar-refractivity contribution is 5.71. The fraction of sp³-hybridized carbons (Fsp3) is 0.708. The van der Waals surface area contributed by atoms with Crippen molar-refractivity contribution in [1.82, 2.24) is 9.80 Å². The van der Waals surface area contributed by atoms with E-state index in [1.54, 1.807) is 0 Å². The first-order valence-electron chi connectivity index (χ1n) is 11.5. The van der Waals surface area contributed by atoms with Crippen molar-refractivity contribution in [2.75, 3.05) is 26.2 Å². The van der Waals surface area contributed by atoms with Crippen LogP contribution in [0.25, 0.3) is 0 Å². The molecule has 2 fully saturated rings. The molecule has 0 bridgehead atoms. The third-order valence-electron chi connectivity index (χ3n) is 6.27. The van der Waals surface area contributed by atoms with E-state index >= 15 is 0 Å². The highest BCUT2D eigenvalue weighted by atomic mass is 16.6. The lowest BCUT2D eigenvalue weighted by Crippen LogP contribution is -2.38. The summed E-state index contributed by atoms with van der Waals surface area (Å²) >= 11 is 0. The van der Waals surface area contributed by atoms with E-state index in [1.807, 2.05) is 23.1 Å². The van der Waals surface area contributed by atoms with Crippen molar-refractivity contribution in [3.8, 4) is 0 Å². The minimum Gasteiger partial charge on any atom is -0.439 e. The summed E-state index contributed by atoms with van der Waals surface area (Å²) in [6.45, 7) is 6.61. The van der Waals surface area contributed by atoms with E-state index in [-0.39, 0.29) is 18.2 Å². The normalized spacial score (nSPS) is 23.2. The van der Waals surface area contributed by atoms with Crippen LogP contribution in [-0.4, -0.2) is 48.1 Å². The molecule has 1 aromatic rings. The summed E-state index contributed by atoms with van der Waals surface area (Å²) in [6.07, 6.45) is 12.2. The Morgan fingerprint density at radius 2 is 1.68 bits per heavy atom. The molecule has 2 atom stereocenters. The predicted molar refractivity (Wildman–Crippen MR) is 114 cm³/mol. The number of hydrogen-bond acceptors (Lipinski definition) is 3. The number of carbonyl (C=O) groups excluding carboxylic acids is 1. The zero-order valence-electron chi connectivity index (χ0n) is 17.7. The van der Waals surface area contributed by atoms with E-state index < -0.39 is 0 Å². The topological polar surface area (TPSA) is 32.8 Å². The van der Waals surface area contributed by atoms with Crippen molar-refractivity contribution in [3.63, 3.8) is 0 Å². The number of amides is 1. The van der Waals surface area contributed by atoms with Crippen LogP contribution in [0.4, 0.5) is 4.79 Å².